The Morgan fingerprint density at radius 1 is 1.21 bits per heavy atom. The molecular formula is C8H9ClN2O6S2. The number of hydrogen-bond acceptors (Lipinski definition) is 5. The first-order chi connectivity index (χ1) is 8.55. The van der Waals surface area contributed by atoms with Crippen molar-refractivity contribution in [1.82, 2.24) is 0 Å². The summed E-state index contributed by atoms with van der Waals surface area (Å²) in [6.45, 7) is 0. The molecule has 0 saturated carbocycles. The van der Waals surface area contributed by atoms with E-state index in [1.165, 1.54) is 0 Å². The largest absolute Gasteiger partial charge is 0.386 e. The summed E-state index contributed by atoms with van der Waals surface area (Å²) in [5, 5.41) is 0. The highest BCUT2D eigenvalue weighted by atomic mass is 35.5. The summed E-state index contributed by atoms with van der Waals surface area (Å²) in [6.07, 6.45) is 0. The van der Waals surface area contributed by atoms with Crippen LogP contribution < -0.4 is 5.73 Å². The van der Waals surface area contributed by atoms with Gasteiger partial charge in [-0.05, 0) is 18.2 Å². The van der Waals surface area contributed by atoms with Crippen molar-refractivity contribution in [2.45, 2.75) is 9.79 Å². The number of amidine groups is 1. The highest BCUT2D eigenvalue weighted by Crippen LogP contribution is 2.27. The average Bonchev–Trinajstić information content (AvgIpc) is 2.26. The first-order valence-corrected chi connectivity index (χ1v) is 7.95. The van der Waals surface area contributed by atoms with Crippen LogP contribution in [0.1, 0.15) is 0 Å². The van der Waals surface area contributed by atoms with Gasteiger partial charge in [-0.15, -0.1) is 11.6 Å². The molecule has 0 amide bonds. The third-order valence-electron chi connectivity index (χ3n) is 1.91. The van der Waals surface area contributed by atoms with Crippen LogP contribution in [0.2, 0.25) is 0 Å². The Bertz CT molecular complexity index is 726. The van der Waals surface area contributed by atoms with Gasteiger partial charge in [0.25, 0.3) is 20.2 Å². The van der Waals surface area contributed by atoms with Crippen molar-refractivity contribution in [3.8, 4) is 0 Å². The minimum Gasteiger partial charge on any atom is -0.386 e. The van der Waals surface area contributed by atoms with Gasteiger partial charge in [-0.2, -0.15) is 16.8 Å². The Kier molecular flexibility index (Phi) is 4.53. The lowest BCUT2D eigenvalue weighted by Crippen LogP contribution is -2.13. The standard InChI is InChI=1S/C8H9ClN2O6S2/c9-4-8(10)11-6-3-5(18(12,13)14)1-2-7(6)19(15,16)17/h1-3H,4H2,(H2,10,11)(H,12,13,14)(H,15,16,17). The molecule has 0 aliphatic heterocycles. The van der Waals surface area contributed by atoms with Gasteiger partial charge < -0.3 is 5.73 Å². The number of benzene rings is 1. The monoisotopic (exact) mass is 328 g/mol. The van der Waals surface area contributed by atoms with Gasteiger partial charge in [0.15, 0.2) is 0 Å². The van der Waals surface area contributed by atoms with Crippen molar-refractivity contribution in [2.75, 3.05) is 5.88 Å². The zero-order chi connectivity index (χ0) is 14.8. The van der Waals surface area contributed by atoms with Crippen LogP contribution in [0.15, 0.2) is 33.0 Å². The zero-order valence-electron chi connectivity index (χ0n) is 9.19. The van der Waals surface area contributed by atoms with Gasteiger partial charge in [0, 0.05) is 0 Å². The van der Waals surface area contributed by atoms with Crippen LogP contribution in [0, 0.1) is 0 Å². The molecule has 0 spiro atoms. The molecule has 1 rings (SSSR count). The molecule has 0 aromatic heterocycles. The number of nitrogens with zero attached hydrogens (tertiary/aromatic N) is 1. The van der Waals surface area contributed by atoms with E-state index >= 15 is 0 Å². The molecule has 0 unspecified atom stereocenters. The molecule has 1 aromatic carbocycles. The summed E-state index contributed by atoms with van der Waals surface area (Å²) < 4.78 is 61.9. The molecule has 11 heteroatoms. The van der Waals surface area contributed by atoms with E-state index in [1.54, 1.807) is 0 Å². The molecule has 0 bridgehead atoms. The number of rotatable bonds is 4. The molecule has 8 nitrogen and oxygen atoms in total. The molecule has 0 aliphatic carbocycles. The lowest BCUT2D eigenvalue weighted by Gasteiger charge is -2.05. The topological polar surface area (TPSA) is 147 Å². The van der Waals surface area contributed by atoms with Crippen LogP contribution in [-0.2, 0) is 20.2 Å². The molecule has 0 saturated heterocycles. The lowest BCUT2D eigenvalue weighted by atomic mass is 10.3. The molecule has 19 heavy (non-hydrogen) atoms. The van der Waals surface area contributed by atoms with Crippen LogP contribution in [0.25, 0.3) is 0 Å². The lowest BCUT2D eigenvalue weighted by molar-refractivity contribution is 0.478. The highest BCUT2D eigenvalue weighted by molar-refractivity contribution is 7.86. The minimum absolute atomic E-state index is 0.195. The molecular weight excluding hydrogens is 320 g/mol. The summed E-state index contributed by atoms with van der Waals surface area (Å²) in [7, 11) is -9.18. The SMILES string of the molecule is NC(CCl)=Nc1cc(S(=O)(=O)O)ccc1S(=O)(=O)O. The molecule has 1 aromatic rings. The molecule has 0 radical (unpaired) electrons. The number of alkyl halides is 1. The Morgan fingerprint density at radius 2 is 1.79 bits per heavy atom. The molecule has 4 N–H and O–H groups in total. The van der Waals surface area contributed by atoms with Crippen molar-refractivity contribution in [2.24, 2.45) is 10.7 Å². The van der Waals surface area contributed by atoms with E-state index in [0.29, 0.717) is 0 Å². The fourth-order valence-corrected chi connectivity index (χ4v) is 2.32. The van der Waals surface area contributed by atoms with Gasteiger partial charge in [0.1, 0.15) is 10.7 Å². The van der Waals surface area contributed by atoms with Crippen molar-refractivity contribution in [1.29, 1.82) is 0 Å². The van der Waals surface area contributed by atoms with Gasteiger partial charge in [-0.3, -0.25) is 9.11 Å². The number of aliphatic imine (C=N–C) groups is 1. The maximum Gasteiger partial charge on any atom is 0.296 e. The first-order valence-electron chi connectivity index (χ1n) is 4.53. The quantitative estimate of drug-likeness (QED) is 0.314. The molecule has 106 valence electrons. The van der Waals surface area contributed by atoms with E-state index in [9.17, 15) is 16.8 Å². The summed E-state index contributed by atoms with van der Waals surface area (Å²) in [5.41, 5.74) is 4.86. The molecule has 0 atom stereocenters. The smallest absolute Gasteiger partial charge is 0.296 e. The fourth-order valence-electron chi connectivity index (χ4n) is 1.15. The van der Waals surface area contributed by atoms with Crippen LogP contribution in [0.5, 0.6) is 0 Å². The number of hydrogen-bond donors (Lipinski definition) is 3. The maximum atomic E-state index is 11.1. The second-order valence-electron chi connectivity index (χ2n) is 3.32. The van der Waals surface area contributed by atoms with E-state index in [-0.39, 0.29) is 11.7 Å². The predicted octanol–water partition coefficient (Wildman–Crippen LogP) is 0.408. The Labute approximate surface area is 114 Å². The average molecular weight is 329 g/mol. The number of nitrogens with two attached hydrogens (primary N) is 1. The first kappa shape index (κ1) is 15.9. The van der Waals surface area contributed by atoms with E-state index in [4.69, 9.17) is 26.4 Å². The maximum absolute atomic E-state index is 11.1. The molecule has 0 heterocycles. The van der Waals surface area contributed by atoms with Gasteiger partial charge >= 0.3 is 0 Å². The van der Waals surface area contributed by atoms with Crippen molar-refractivity contribution in [3.63, 3.8) is 0 Å². The van der Waals surface area contributed by atoms with Crippen LogP contribution >= 0.6 is 11.6 Å². The van der Waals surface area contributed by atoms with Gasteiger partial charge in [-0.1, -0.05) is 0 Å². The normalized spacial score (nSPS) is 13.5. The van der Waals surface area contributed by atoms with Gasteiger partial charge in [0.05, 0.1) is 16.5 Å². The molecule has 0 aliphatic rings. The fraction of sp³-hybridized carbons (Fsp3) is 0.125. The van der Waals surface area contributed by atoms with Gasteiger partial charge in [0.2, 0.25) is 0 Å². The Balaban J connectivity index is 3.62. The summed E-state index contributed by atoms with van der Waals surface area (Å²) in [6, 6.07) is 2.32. The second-order valence-corrected chi connectivity index (χ2v) is 6.40. The van der Waals surface area contributed by atoms with E-state index in [1.807, 2.05) is 0 Å². The Morgan fingerprint density at radius 3 is 2.21 bits per heavy atom. The van der Waals surface area contributed by atoms with E-state index < -0.39 is 35.7 Å². The highest BCUT2D eigenvalue weighted by Gasteiger charge is 2.19. The number of halogens is 1. The van der Waals surface area contributed by atoms with Crippen LogP contribution in [0.4, 0.5) is 5.69 Å². The van der Waals surface area contributed by atoms with E-state index in [2.05, 4.69) is 4.99 Å². The summed E-state index contributed by atoms with van der Waals surface area (Å²) >= 11 is 5.36. The van der Waals surface area contributed by atoms with Gasteiger partial charge in [-0.25, -0.2) is 4.99 Å². The zero-order valence-corrected chi connectivity index (χ0v) is 11.6. The Hall–Kier alpha value is -1.20. The predicted molar refractivity (Wildman–Crippen MR) is 68.1 cm³/mol. The third kappa shape index (κ3) is 4.14. The second kappa shape index (κ2) is 5.43. The van der Waals surface area contributed by atoms with Crippen LogP contribution in [-0.4, -0.2) is 37.7 Å². The minimum atomic E-state index is -4.63. The summed E-state index contributed by atoms with van der Waals surface area (Å²) in [5.74, 6) is -0.430. The third-order valence-corrected chi connectivity index (χ3v) is 3.93. The van der Waals surface area contributed by atoms with Crippen molar-refractivity contribution < 1.29 is 25.9 Å². The molecule has 0 fully saturated rings. The summed E-state index contributed by atoms with van der Waals surface area (Å²) in [4.78, 5) is 2.31. The van der Waals surface area contributed by atoms with E-state index in [0.717, 1.165) is 18.2 Å². The van der Waals surface area contributed by atoms with Crippen molar-refractivity contribution in [3.05, 3.63) is 18.2 Å². The van der Waals surface area contributed by atoms with Crippen LogP contribution in [0.3, 0.4) is 0 Å². The van der Waals surface area contributed by atoms with Crippen molar-refractivity contribution >= 4 is 43.4 Å².